The number of nitrogens with two attached hydrogens (primary N) is 1. The quantitative estimate of drug-likeness (QED) is 0.913. The third kappa shape index (κ3) is 1.88. The molecule has 0 saturated heterocycles. The van der Waals surface area contributed by atoms with Crippen LogP contribution in [0.1, 0.15) is 24.4 Å². The molecule has 1 heterocycles. The highest BCUT2D eigenvalue weighted by molar-refractivity contribution is 5.84. The van der Waals surface area contributed by atoms with Crippen LogP contribution in [0.25, 0.3) is 10.9 Å². The van der Waals surface area contributed by atoms with Crippen LogP contribution in [0.15, 0.2) is 30.5 Å². The molecule has 1 saturated carbocycles. The predicted octanol–water partition coefficient (Wildman–Crippen LogP) is 2.52. The molecule has 1 atom stereocenters. The topological polar surface area (TPSA) is 34.2 Å². The average molecular weight is 257 g/mol. The van der Waals surface area contributed by atoms with Crippen molar-refractivity contribution < 1.29 is 0 Å². The van der Waals surface area contributed by atoms with Crippen molar-refractivity contribution >= 4 is 10.9 Å². The molecule has 1 fully saturated rings. The second-order valence-electron chi connectivity index (χ2n) is 6.15. The monoisotopic (exact) mass is 257 g/mol. The Bertz CT molecular complexity index is 593. The molecule has 0 radical (unpaired) electrons. The van der Waals surface area contributed by atoms with Crippen LogP contribution < -0.4 is 5.73 Å². The third-order valence-electron chi connectivity index (χ3n) is 4.62. The number of nitrogens with zero attached hydrogens (tertiary/aromatic N) is 2. The van der Waals surface area contributed by atoms with Crippen molar-refractivity contribution in [3.05, 3.63) is 36.0 Å². The highest BCUT2D eigenvalue weighted by atomic mass is 15.1. The van der Waals surface area contributed by atoms with E-state index in [9.17, 15) is 0 Å². The Morgan fingerprint density at radius 3 is 2.58 bits per heavy atom. The summed E-state index contributed by atoms with van der Waals surface area (Å²) in [5.74, 6) is 0. The number of rotatable bonds is 4. The van der Waals surface area contributed by atoms with E-state index in [1.807, 2.05) is 0 Å². The van der Waals surface area contributed by atoms with E-state index in [0.717, 1.165) is 6.54 Å². The summed E-state index contributed by atoms with van der Waals surface area (Å²) in [6.07, 6.45) is 4.77. The molecule has 19 heavy (non-hydrogen) atoms. The van der Waals surface area contributed by atoms with Crippen molar-refractivity contribution in [2.24, 2.45) is 18.2 Å². The first-order chi connectivity index (χ1) is 9.09. The standard InChI is InChI=1S/C16H23N3/c1-18(2)15(16(11-17)8-9-16)13-10-19(3)14-7-5-4-6-12(13)14/h4-7,10,15H,8-9,11,17H2,1-3H3. The second kappa shape index (κ2) is 4.36. The molecule has 1 aromatic carbocycles. The lowest BCUT2D eigenvalue weighted by molar-refractivity contribution is 0.200. The summed E-state index contributed by atoms with van der Waals surface area (Å²) < 4.78 is 2.23. The minimum absolute atomic E-state index is 0.285. The number of aromatic nitrogens is 1. The third-order valence-corrected chi connectivity index (χ3v) is 4.62. The lowest BCUT2D eigenvalue weighted by Crippen LogP contribution is -2.33. The maximum atomic E-state index is 6.06. The smallest absolute Gasteiger partial charge is 0.0481 e. The van der Waals surface area contributed by atoms with Crippen LogP contribution in [0, 0.1) is 5.41 Å². The summed E-state index contributed by atoms with van der Waals surface area (Å²) in [5.41, 5.74) is 9.07. The number of hydrogen-bond acceptors (Lipinski definition) is 2. The molecule has 1 aromatic heterocycles. The van der Waals surface area contributed by atoms with Crippen LogP contribution >= 0.6 is 0 Å². The summed E-state index contributed by atoms with van der Waals surface area (Å²) in [6, 6.07) is 9.07. The summed E-state index contributed by atoms with van der Waals surface area (Å²) >= 11 is 0. The van der Waals surface area contributed by atoms with Gasteiger partial charge in [-0.15, -0.1) is 0 Å². The maximum Gasteiger partial charge on any atom is 0.0481 e. The molecule has 3 rings (SSSR count). The Hall–Kier alpha value is -1.32. The van der Waals surface area contributed by atoms with Gasteiger partial charge in [0.25, 0.3) is 0 Å². The van der Waals surface area contributed by atoms with Crippen molar-refractivity contribution in [2.75, 3.05) is 20.6 Å². The van der Waals surface area contributed by atoms with E-state index >= 15 is 0 Å². The summed E-state index contributed by atoms with van der Waals surface area (Å²) in [7, 11) is 6.46. The second-order valence-corrected chi connectivity index (χ2v) is 6.15. The number of fused-ring (bicyclic) bond motifs is 1. The highest BCUT2D eigenvalue weighted by Crippen LogP contribution is 2.56. The lowest BCUT2D eigenvalue weighted by Gasteiger charge is -2.32. The zero-order valence-electron chi connectivity index (χ0n) is 12.1. The summed E-state index contributed by atoms with van der Waals surface area (Å²) in [4.78, 5) is 2.33. The van der Waals surface area contributed by atoms with E-state index in [1.165, 1.54) is 29.3 Å². The summed E-state index contributed by atoms with van der Waals surface area (Å²) in [6.45, 7) is 0.777. The Labute approximate surface area is 115 Å². The van der Waals surface area contributed by atoms with Gasteiger partial charge in [-0.05, 0) is 45.1 Å². The Balaban J connectivity index is 2.16. The molecule has 3 nitrogen and oxygen atoms in total. The van der Waals surface area contributed by atoms with Gasteiger partial charge < -0.3 is 15.2 Å². The van der Waals surface area contributed by atoms with Crippen molar-refractivity contribution in [3.8, 4) is 0 Å². The number of aryl methyl sites for hydroxylation is 1. The fourth-order valence-corrected chi connectivity index (χ4v) is 3.50. The van der Waals surface area contributed by atoms with Gasteiger partial charge in [-0.3, -0.25) is 0 Å². The number of para-hydroxylation sites is 1. The van der Waals surface area contributed by atoms with Crippen LogP contribution in [0.4, 0.5) is 0 Å². The molecular weight excluding hydrogens is 234 g/mol. The van der Waals surface area contributed by atoms with Crippen LogP contribution in [-0.2, 0) is 7.05 Å². The first kappa shape index (κ1) is 12.7. The molecule has 3 heteroatoms. The van der Waals surface area contributed by atoms with Gasteiger partial charge in [0.05, 0.1) is 0 Å². The minimum Gasteiger partial charge on any atom is -0.350 e. The fraction of sp³-hybridized carbons (Fsp3) is 0.500. The van der Waals surface area contributed by atoms with Gasteiger partial charge in [0.2, 0.25) is 0 Å². The van der Waals surface area contributed by atoms with Gasteiger partial charge in [0.15, 0.2) is 0 Å². The fourth-order valence-electron chi connectivity index (χ4n) is 3.50. The molecule has 1 aliphatic carbocycles. The van der Waals surface area contributed by atoms with E-state index in [1.54, 1.807) is 0 Å². The molecule has 2 N–H and O–H groups in total. The van der Waals surface area contributed by atoms with Crippen molar-refractivity contribution in [2.45, 2.75) is 18.9 Å². The molecule has 1 aliphatic rings. The van der Waals surface area contributed by atoms with Crippen LogP contribution in [0.2, 0.25) is 0 Å². The predicted molar refractivity (Wildman–Crippen MR) is 80.1 cm³/mol. The molecule has 1 unspecified atom stereocenters. The van der Waals surface area contributed by atoms with Crippen LogP contribution in [-0.4, -0.2) is 30.1 Å². The van der Waals surface area contributed by atoms with E-state index in [2.05, 4.69) is 61.1 Å². The van der Waals surface area contributed by atoms with Crippen molar-refractivity contribution in [3.63, 3.8) is 0 Å². The lowest BCUT2D eigenvalue weighted by atomic mass is 9.89. The molecule has 2 aromatic rings. The normalized spacial score (nSPS) is 19.0. The zero-order chi connectivity index (χ0) is 13.6. The van der Waals surface area contributed by atoms with E-state index in [0.29, 0.717) is 6.04 Å². The van der Waals surface area contributed by atoms with Gasteiger partial charge in [-0.2, -0.15) is 0 Å². The van der Waals surface area contributed by atoms with Gasteiger partial charge >= 0.3 is 0 Å². The molecule has 102 valence electrons. The molecular formula is C16H23N3. The minimum atomic E-state index is 0.285. The Morgan fingerprint density at radius 2 is 2.00 bits per heavy atom. The SMILES string of the molecule is CN(C)C(c1cn(C)c2ccccc12)C1(CN)CC1. The highest BCUT2D eigenvalue weighted by Gasteiger charge is 2.50. The molecule has 0 amide bonds. The van der Waals surface area contributed by atoms with Crippen molar-refractivity contribution in [1.82, 2.24) is 9.47 Å². The molecule has 0 aliphatic heterocycles. The zero-order valence-corrected chi connectivity index (χ0v) is 12.1. The number of benzene rings is 1. The largest absolute Gasteiger partial charge is 0.350 e. The summed E-state index contributed by atoms with van der Waals surface area (Å²) in [5, 5.41) is 1.36. The van der Waals surface area contributed by atoms with Gasteiger partial charge in [-0.1, -0.05) is 18.2 Å². The Morgan fingerprint density at radius 1 is 1.32 bits per heavy atom. The molecule has 0 spiro atoms. The maximum absolute atomic E-state index is 6.06. The van der Waals surface area contributed by atoms with E-state index in [4.69, 9.17) is 5.73 Å². The first-order valence-electron chi connectivity index (χ1n) is 6.99. The number of hydrogen-bond donors (Lipinski definition) is 1. The van der Waals surface area contributed by atoms with Crippen LogP contribution in [0.5, 0.6) is 0 Å². The van der Waals surface area contributed by atoms with E-state index in [-0.39, 0.29) is 5.41 Å². The van der Waals surface area contributed by atoms with Gasteiger partial charge in [-0.25, -0.2) is 0 Å². The van der Waals surface area contributed by atoms with Gasteiger partial charge in [0.1, 0.15) is 0 Å². The van der Waals surface area contributed by atoms with Gasteiger partial charge in [0, 0.05) is 35.6 Å². The van der Waals surface area contributed by atoms with Crippen molar-refractivity contribution in [1.29, 1.82) is 0 Å². The average Bonchev–Trinajstić information content (AvgIpc) is 3.11. The van der Waals surface area contributed by atoms with E-state index < -0.39 is 0 Å². The molecule has 0 bridgehead atoms. The first-order valence-corrected chi connectivity index (χ1v) is 6.99. The Kier molecular flexibility index (Phi) is 2.91. The van der Waals surface area contributed by atoms with Crippen LogP contribution in [0.3, 0.4) is 0 Å².